The summed E-state index contributed by atoms with van der Waals surface area (Å²) < 4.78 is 0. The summed E-state index contributed by atoms with van der Waals surface area (Å²) in [6, 6.07) is 1.87. The molecule has 0 atom stereocenters. The number of hydrogen-bond donors (Lipinski definition) is 1. The molecule has 0 bridgehead atoms. The Balaban J connectivity index is 2.05. The van der Waals surface area contributed by atoms with Gasteiger partial charge in [-0.25, -0.2) is 4.98 Å². The lowest BCUT2D eigenvalue weighted by Crippen LogP contribution is -2.37. The van der Waals surface area contributed by atoms with Crippen LogP contribution in [0.2, 0.25) is 0 Å². The maximum atomic E-state index is 10.9. The van der Waals surface area contributed by atoms with Gasteiger partial charge in [0.2, 0.25) is 5.95 Å². The Hall–Kier alpha value is -1.85. The molecule has 1 aromatic heterocycles. The molecule has 6 heteroatoms. The molecule has 1 saturated heterocycles. The third-order valence-electron chi connectivity index (χ3n) is 3.20. The average Bonchev–Trinajstić information content (AvgIpc) is 2.39. The van der Waals surface area contributed by atoms with Crippen LogP contribution in [0.5, 0.6) is 0 Å². The molecule has 0 aromatic carbocycles. The minimum Gasteiger partial charge on any atom is -0.481 e. The first-order chi connectivity index (χ1) is 8.58. The molecule has 98 valence electrons. The van der Waals surface area contributed by atoms with Crippen LogP contribution in [0.25, 0.3) is 0 Å². The molecule has 0 unspecified atom stereocenters. The zero-order chi connectivity index (χ0) is 13.1. The fourth-order valence-electron chi connectivity index (χ4n) is 2.09. The smallest absolute Gasteiger partial charge is 0.306 e. The van der Waals surface area contributed by atoms with Gasteiger partial charge >= 0.3 is 5.97 Å². The van der Waals surface area contributed by atoms with Crippen molar-refractivity contribution in [3.63, 3.8) is 0 Å². The second-order valence-electron chi connectivity index (χ2n) is 4.71. The summed E-state index contributed by atoms with van der Waals surface area (Å²) in [6.45, 7) is 1.47. The number of carboxylic acid groups (broad SMARTS) is 1. The first-order valence-electron chi connectivity index (χ1n) is 6.06. The van der Waals surface area contributed by atoms with Gasteiger partial charge in [0.05, 0.1) is 5.92 Å². The van der Waals surface area contributed by atoms with Crippen molar-refractivity contribution in [2.45, 2.75) is 12.8 Å². The van der Waals surface area contributed by atoms with Gasteiger partial charge in [0.25, 0.3) is 0 Å². The number of rotatable bonds is 3. The van der Waals surface area contributed by atoms with Crippen LogP contribution < -0.4 is 9.80 Å². The number of carboxylic acids is 1. The second-order valence-corrected chi connectivity index (χ2v) is 4.71. The zero-order valence-electron chi connectivity index (χ0n) is 10.7. The van der Waals surface area contributed by atoms with Crippen LogP contribution in [0.1, 0.15) is 12.8 Å². The van der Waals surface area contributed by atoms with Crippen LogP contribution in [0, 0.1) is 5.92 Å². The summed E-state index contributed by atoms with van der Waals surface area (Å²) in [5.74, 6) is 0.646. The predicted molar refractivity (Wildman–Crippen MR) is 68.9 cm³/mol. The fraction of sp³-hybridized carbons (Fsp3) is 0.583. The van der Waals surface area contributed by atoms with Crippen molar-refractivity contribution in [2.75, 3.05) is 37.0 Å². The topological polar surface area (TPSA) is 69.6 Å². The highest BCUT2D eigenvalue weighted by Gasteiger charge is 2.25. The van der Waals surface area contributed by atoms with Crippen LogP contribution in [0.3, 0.4) is 0 Å². The number of aromatic nitrogens is 2. The van der Waals surface area contributed by atoms with Gasteiger partial charge in [-0.05, 0) is 18.9 Å². The average molecular weight is 250 g/mol. The van der Waals surface area contributed by atoms with E-state index in [0.717, 1.165) is 18.9 Å². The van der Waals surface area contributed by atoms with Crippen molar-refractivity contribution in [1.82, 2.24) is 9.97 Å². The molecule has 6 nitrogen and oxygen atoms in total. The highest BCUT2D eigenvalue weighted by molar-refractivity contribution is 5.70. The summed E-state index contributed by atoms with van der Waals surface area (Å²) in [4.78, 5) is 23.5. The molecule has 1 fully saturated rings. The fourth-order valence-corrected chi connectivity index (χ4v) is 2.09. The number of anilines is 2. The van der Waals surface area contributed by atoms with E-state index in [1.165, 1.54) is 0 Å². The summed E-state index contributed by atoms with van der Waals surface area (Å²) in [7, 11) is 3.80. The maximum Gasteiger partial charge on any atom is 0.306 e. The molecule has 0 saturated carbocycles. The van der Waals surface area contributed by atoms with Gasteiger partial charge in [-0.15, -0.1) is 0 Å². The van der Waals surface area contributed by atoms with Crippen molar-refractivity contribution in [3.8, 4) is 0 Å². The van der Waals surface area contributed by atoms with Crippen LogP contribution in [0.15, 0.2) is 12.3 Å². The zero-order valence-corrected chi connectivity index (χ0v) is 10.7. The SMILES string of the molecule is CN(C)c1nccc(N2CCC(C(=O)O)CC2)n1. The Labute approximate surface area is 106 Å². The Morgan fingerprint density at radius 3 is 2.67 bits per heavy atom. The van der Waals surface area contributed by atoms with Gasteiger partial charge in [0, 0.05) is 33.4 Å². The van der Waals surface area contributed by atoms with E-state index in [1.807, 2.05) is 25.1 Å². The summed E-state index contributed by atoms with van der Waals surface area (Å²) >= 11 is 0. The largest absolute Gasteiger partial charge is 0.481 e. The molecular formula is C12H18N4O2. The van der Waals surface area contributed by atoms with Crippen molar-refractivity contribution in [1.29, 1.82) is 0 Å². The molecular weight excluding hydrogens is 232 g/mol. The van der Waals surface area contributed by atoms with Crippen LogP contribution >= 0.6 is 0 Å². The van der Waals surface area contributed by atoms with Crippen molar-refractivity contribution < 1.29 is 9.90 Å². The van der Waals surface area contributed by atoms with Gasteiger partial charge in [0.15, 0.2) is 0 Å². The Kier molecular flexibility index (Phi) is 3.64. The van der Waals surface area contributed by atoms with E-state index >= 15 is 0 Å². The standard InChI is InChI=1S/C12H18N4O2/c1-15(2)12-13-6-3-10(14-12)16-7-4-9(5-8-16)11(17)18/h3,6,9H,4-5,7-8H2,1-2H3,(H,17,18). The number of aliphatic carboxylic acids is 1. The second kappa shape index (κ2) is 5.20. The molecule has 1 aliphatic rings. The third-order valence-corrected chi connectivity index (χ3v) is 3.20. The van der Waals surface area contributed by atoms with E-state index in [-0.39, 0.29) is 5.92 Å². The number of hydrogen-bond acceptors (Lipinski definition) is 5. The lowest BCUT2D eigenvalue weighted by molar-refractivity contribution is -0.142. The lowest BCUT2D eigenvalue weighted by atomic mass is 9.97. The van der Waals surface area contributed by atoms with E-state index in [4.69, 9.17) is 5.11 Å². The maximum absolute atomic E-state index is 10.9. The summed E-state index contributed by atoms with van der Waals surface area (Å²) in [5.41, 5.74) is 0. The minimum absolute atomic E-state index is 0.212. The van der Waals surface area contributed by atoms with E-state index in [0.29, 0.717) is 18.8 Å². The Bertz CT molecular complexity index is 428. The van der Waals surface area contributed by atoms with E-state index in [2.05, 4.69) is 14.9 Å². The minimum atomic E-state index is -0.689. The van der Waals surface area contributed by atoms with Crippen LogP contribution in [-0.2, 0) is 4.79 Å². The monoisotopic (exact) mass is 250 g/mol. The van der Waals surface area contributed by atoms with Crippen molar-refractivity contribution >= 4 is 17.7 Å². The molecule has 0 aliphatic carbocycles. The highest BCUT2D eigenvalue weighted by Crippen LogP contribution is 2.22. The number of carbonyl (C=O) groups is 1. The normalized spacial score (nSPS) is 16.7. The molecule has 2 heterocycles. The van der Waals surface area contributed by atoms with Crippen LogP contribution in [-0.4, -0.2) is 48.2 Å². The van der Waals surface area contributed by atoms with Gasteiger partial charge in [-0.3, -0.25) is 4.79 Å². The van der Waals surface area contributed by atoms with E-state index in [9.17, 15) is 4.79 Å². The van der Waals surface area contributed by atoms with E-state index < -0.39 is 5.97 Å². The first kappa shape index (κ1) is 12.6. The molecule has 0 spiro atoms. The Morgan fingerprint density at radius 2 is 2.11 bits per heavy atom. The third kappa shape index (κ3) is 2.69. The number of nitrogens with zero attached hydrogens (tertiary/aromatic N) is 4. The summed E-state index contributed by atoms with van der Waals surface area (Å²) in [5, 5.41) is 8.96. The van der Waals surface area contributed by atoms with Gasteiger partial charge < -0.3 is 14.9 Å². The molecule has 1 aromatic rings. The molecule has 1 N–H and O–H groups in total. The summed E-state index contributed by atoms with van der Waals surface area (Å²) in [6.07, 6.45) is 3.09. The quantitative estimate of drug-likeness (QED) is 0.857. The number of piperidine rings is 1. The first-order valence-corrected chi connectivity index (χ1v) is 6.06. The van der Waals surface area contributed by atoms with Gasteiger partial charge in [-0.2, -0.15) is 4.98 Å². The predicted octanol–water partition coefficient (Wildman–Crippen LogP) is 0.844. The van der Waals surface area contributed by atoms with Crippen LogP contribution in [0.4, 0.5) is 11.8 Å². The molecule has 2 rings (SSSR count). The highest BCUT2D eigenvalue weighted by atomic mass is 16.4. The molecule has 0 amide bonds. The Morgan fingerprint density at radius 1 is 1.44 bits per heavy atom. The van der Waals surface area contributed by atoms with Crippen molar-refractivity contribution in [3.05, 3.63) is 12.3 Å². The van der Waals surface area contributed by atoms with Crippen molar-refractivity contribution in [2.24, 2.45) is 5.92 Å². The molecule has 1 aliphatic heterocycles. The van der Waals surface area contributed by atoms with Gasteiger partial charge in [0.1, 0.15) is 5.82 Å². The van der Waals surface area contributed by atoms with Gasteiger partial charge in [-0.1, -0.05) is 0 Å². The molecule has 0 radical (unpaired) electrons. The lowest BCUT2D eigenvalue weighted by Gasteiger charge is -2.31. The van der Waals surface area contributed by atoms with E-state index in [1.54, 1.807) is 6.20 Å². The molecule has 18 heavy (non-hydrogen) atoms.